The summed E-state index contributed by atoms with van der Waals surface area (Å²) in [5.74, 6) is 0.340. The molecule has 0 aliphatic rings. The fourth-order valence-corrected chi connectivity index (χ4v) is 2.55. The number of ether oxygens (including phenoxy) is 4. The second-order valence-electron chi connectivity index (χ2n) is 7.26. The summed E-state index contributed by atoms with van der Waals surface area (Å²) < 4.78 is 21.5. The smallest absolute Gasteiger partial charge is 0.407 e. The zero-order valence-electron chi connectivity index (χ0n) is 17.4. The summed E-state index contributed by atoms with van der Waals surface area (Å²) in [7, 11) is 2.80. The van der Waals surface area contributed by atoms with Gasteiger partial charge in [-0.15, -0.1) is 0 Å². The van der Waals surface area contributed by atoms with Gasteiger partial charge in [-0.3, -0.25) is 0 Å². The molecule has 29 heavy (non-hydrogen) atoms. The van der Waals surface area contributed by atoms with Gasteiger partial charge in [0.25, 0.3) is 0 Å². The number of nitrogens with one attached hydrogen (secondary N) is 1. The summed E-state index contributed by atoms with van der Waals surface area (Å²) in [4.78, 5) is 23.8. The van der Waals surface area contributed by atoms with E-state index < -0.39 is 23.8 Å². The van der Waals surface area contributed by atoms with E-state index in [0.717, 1.165) is 5.56 Å². The summed E-state index contributed by atoms with van der Waals surface area (Å²) in [6.07, 6.45) is -1.03. The molecular weight excluding hydrogens is 374 g/mol. The Kier molecular flexibility index (Phi) is 7.47. The molecule has 1 atom stereocenters. The molecule has 0 aliphatic carbocycles. The molecule has 0 saturated carbocycles. The number of carbonyl (C=O) groups excluding carboxylic acids is 2. The Morgan fingerprint density at radius 2 is 1.69 bits per heavy atom. The fourth-order valence-electron chi connectivity index (χ4n) is 2.55. The molecule has 0 spiro atoms. The van der Waals surface area contributed by atoms with Crippen molar-refractivity contribution in [3.8, 4) is 11.5 Å². The van der Waals surface area contributed by atoms with E-state index in [0.29, 0.717) is 17.1 Å². The van der Waals surface area contributed by atoms with Crippen molar-refractivity contribution in [2.24, 2.45) is 0 Å². The Labute approximate surface area is 170 Å². The van der Waals surface area contributed by atoms with Crippen LogP contribution < -0.4 is 14.8 Å². The number of alkyl carbamates (subject to hydrolysis) is 1. The van der Waals surface area contributed by atoms with Crippen LogP contribution in [0.2, 0.25) is 0 Å². The molecule has 0 aromatic heterocycles. The number of carbonyl (C=O) groups is 2. The van der Waals surface area contributed by atoms with Crippen molar-refractivity contribution >= 4 is 12.1 Å². The van der Waals surface area contributed by atoms with Crippen LogP contribution in [-0.2, 0) is 9.47 Å². The van der Waals surface area contributed by atoms with E-state index in [1.807, 2.05) is 30.3 Å². The number of esters is 1. The Morgan fingerprint density at radius 3 is 2.28 bits per heavy atom. The van der Waals surface area contributed by atoms with Gasteiger partial charge in [0.1, 0.15) is 11.7 Å². The zero-order valence-corrected chi connectivity index (χ0v) is 17.4. The first-order valence-corrected chi connectivity index (χ1v) is 9.18. The number of hydrogen-bond acceptors (Lipinski definition) is 6. The van der Waals surface area contributed by atoms with Gasteiger partial charge in [-0.05, 0) is 44.5 Å². The van der Waals surface area contributed by atoms with Crippen molar-refractivity contribution in [2.75, 3.05) is 20.8 Å². The third kappa shape index (κ3) is 6.71. The van der Waals surface area contributed by atoms with E-state index in [2.05, 4.69) is 5.32 Å². The predicted octanol–water partition coefficient (Wildman–Crippen LogP) is 4.13. The maximum atomic E-state index is 12.1. The van der Waals surface area contributed by atoms with Crippen LogP contribution in [0.1, 0.15) is 42.8 Å². The first-order chi connectivity index (χ1) is 13.7. The van der Waals surface area contributed by atoms with Gasteiger partial charge in [-0.2, -0.15) is 0 Å². The van der Waals surface area contributed by atoms with Gasteiger partial charge in [0.15, 0.2) is 11.5 Å². The van der Waals surface area contributed by atoms with Crippen molar-refractivity contribution in [1.29, 1.82) is 0 Å². The van der Waals surface area contributed by atoms with Crippen molar-refractivity contribution in [1.82, 2.24) is 5.32 Å². The number of benzene rings is 2. The Hall–Kier alpha value is -3.22. The van der Waals surface area contributed by atoms with E-state index in [-0.39, 0.29) is 6.54 Å². The molecule has 0 bridgehead atoms. The van der Waals surface area contributed by atoms with Gasteiger partial charge in [0.05, 0.1) is 26.3 Å². The van der Waals surface area contributed by atoms with Crippen molar-refractivity contribution < 1.29 is 28.5 Å². The van der Waals surface area contributed by atoms with Crippen LogP contribution >= 0.6 is 0 Å². The minimum absolute atomic E-state index is 0.181. The average Bonchev–Trinajstić information content (AvgIpc) is 2.69. The summed E-state index contributed by atoms with van der Waals surface area (Å²) in [6.45, 7) is 5.57. The topological polar surface area (TPSA) is 83.1 Å². The highest BCUT2D eigenvalue weighted by Crippen LogP contribution is 2.32. The van der Waals surface area contributed by atoms with Gasteiger partial charge in [0, 0.05) is 0 Å². The number of rotatable bonds is 7. The van der Waals surface area contributed by atoms with Gasteiger partial charge in [-0.1, -0.05) is 30.3 Å². The summed E-state index contributed by atoms with van der Waals surface area (Å²) in [5.41, 5.74) is 0.614. The molecule has 156 valence electrons. The minimum atomic E-state index is -0.597. The average molecular weight is 401 g/mol. The quantitative estimate of drug-likeness (QED) is 0.703. The van der Waals surface area contributed by atoms with Crippen LogP contribution in [0.4, 0.5) is 4.79 Å². The molecule has 1 N–H and O–H groups in total. The lowest BCUT2D eigenvalue weighted by molar-refractivity contribution is 0.0498. The molecule has 2 rings (SSSR count). The van der Waals surface area contributed by atoms with Crippen molar-refractivity contribution in [3.05, 3.63) is 59.7 Å². The van der Waals surface area contributed by atoms with Gasteiger partial charge >= 0.3 is 12.1 Å². The van der Waals surface area contributed by atoms with Crippen LogP contribution in [0, 0.1) is 0 Å². The summed E-state index contributed by atoms with van der Waals surface area (Å²) in [6, 6.07) is 14.2. The molecule has 0 unspecified atom stereocenters. The molecule has 7 heteroatoms. The van der Waals surface area contributed by atoms with Crippen LogP contribution in [0.25, 0.3) is 0 Å². The first-order valence-electron chi connectivity index (χ1n) is 9.18. The molecule has 0 saturated heterocycles. The second-order valence-corrected chi connectivity index (χ2v) is 7.26. The minimum Gasteiger partial charge on any atom is -0.493 e. The number of methoxy groups -OCH3 is 2. The number of amides is 1. The lowest BCUT2D eigenvalue weighted by Crippen LogP contribution is -2.36. The SMILES string of the molecule is COC(=O)c1ccc(O[C@@H](CNC(=O)OC(C)(C)C)c2ccccc2)c(OC)c1. The zero-order chi connectivity index (χ0) is 21.4. The molecule has 2 aromatic carbocycles. The van der Waals surface area contributed by atoms with E-state index >= 15 is 0 Å². The summed E-state index contributed by atoms with van der Waals surface area (Å²) in [5, 5.41) is 2.73. The van der Waals surface area contributed by atoms with Crippen LogP contribution in [-0.4, -0.2) is 38.4 Å². The molecule has 1 amide bonds. The lowest BCUT2D eigenvalue weighted by atomic mass is 10.1. The molecule has 7 nitrogen and oxygen atoms in total. The van der Waals surface area contributed by atoms with Gasteiger partial charge < -0.3 is 24.3 Å². The largest absolute Gasteiger partial charge is 0.493 e. The monoisotopic (exact) mass is 401 g/mol. The van der Waals surface area contributed by atoms with E-state index in [9.17, 15) is 9.59 Å². The molecule has 0 radical (unpaired) electrons. The third-order valence-electron chi connectivity index (χ3n) is 3.86. The number of hydrogen-bond donors (Lipinski definition) is 1. The normalized spacial score (nSPS) is 11.9. The van der Waals surface area contributed by atoms with E-state index in [1.54, 1.807) is 39.0 Å². The van der Waals surface area contributed by atoms with Crippen molar-refractivity contribution in [3.63, 3.8) is 0 Å². The summed E-state index contributed by atoms with van der Waals surface area (Å²) >= 11 is 0. The van der Waals surface area contributed by atoms with Crippen LogP contribution in [0.15, 0.2) is 48.5 Å². The molecule has 0 aliphatic heterocycles. The van der Waals surface area contributed by atoms with E-state index in [1.165, 1.54) is 14.2 Å². The first kappa shape index (κ1) is 22.1. The van der Waals surface area contributed by atoms with Gasteiger partial charge in [-0.25, -0.2) is 9.59 Å². The molecule has 0 fully saturated rings. The van der Waals surface area contributed by atoms with Crippen LogP contribution in [0.3, 0.4) is 0 Å². The Balaban J connectivity index is 2.22. The Morgan fingerprint density at radius 1 is 1.00 bits per heavy atom. The van der Waals surface area contributed by atoms with Gasteiger partial charge in [0.2, 0.25) is 0 Å². The maximum Gasteiger partial charge on any atom is 0.407 e. The third-order valence-corrected chi connectivity index (χ3v) is 3.86. The highest BCUT2D eigenvalue weighted by Gasteiger charge is 2.21. The molecule has 2 aromatic rings. The maximum absolute atomic E-state index is 12.1. The molecule has 0 heterocycles. The molecular formula is C22H27NO6. The fraction of sp³-hybridized carbons (Fsp3) is 0.364. The highest BCUT2D eigenvalue weighted by molar-refractivity contribution is 5.90. The standard InChI is InChI=1S/C22H27NO6/c1-22(2,3)29-21(25)23-14-19(15-9-7-6-8-10-15)28-17-12-11-16(20(24)27-5)13-18(17)26-4/h6-13,19H,14H2,1-5H3,(H,23,25)/t19-/m0/s1. The lowest BCUT2D eigenvalue weighted by Gasteiger charge is -2.24. The Bertz CT molecular complexity index is 829. The van der Waals surface area contributed by atoms with Crippen molar-refractivity contribution in [2.45, 2.75) is 32.5 Å². The van der Waals surface area contributed by atoms with E-state index in [4.69, 9.17) is 18.9 Å². The van der Waals surface area contributed by atoms with Crippen LogP contribution in [0.5, 0.6) is 11.5 Å². The predicted molar refractivity (Wildman–Crippen MR) is 108 cm³/mol. The highest BCUT2D eigenvalue weighted by atomic mass is 16.6. The second kappa shape index (κ2) is 9.82.